The van der Waals surface area contributed by atoms with Crippen LogP contribution in [0.15, 0.2) is 0 Å². The van der Waals surface area contributed by atoms with Gasteiger partial charge < -0.3 is 5.73 Å². The number of nitrogens with two attached hydrogens (primary N) is 1. The van der Waals surface area contributed by atoms with Crippen LogP contribution in [0.25, 0.3) is 0 Å². The van der Waals surface area contributed by atoms with Gasteiger partial charge in [-0.1, -0.05) is 5.92 Å². The first-order valence-corrected chi connectivity index (χ1v) is 4.61. The average molecular weight is 166 g/mol. The van der Waals surface area contributed by atoms with Crippen LogP contribution in [0.5, 0.6) is 0 Å². The molecule has 1 aliphatic rings. The zero-order valence-corrected chi connectivity index (χ0v) is 8.01. The van der Waals surface area contributed by atoms with E-state index in [1.54, 1.807) is 0 Å². The smallest absolute Gasteiger partial charge is 0.0601 e. The van der Waals surface area contributed by atoms with Gasteiger partial charge in [-0.15, -0.1) is 5.92 Å². The molecule has 0 saturated carbocycles. The van der Waals surface area contributed by atoms with E-state index in [4.69, 9.17) is 5.73 Å². The monoisotopic (exact) mass is 166 g/mol. The average Bonchev–Trinajstić information content (AvgIpc) is 2.48. The second-order valence-corrected chi connectivity index (χ2v) is 3.57. The standard InChI is InChI=1S/C10H18N2/c1-3-4-6-12-7-5-10(8-12)9(2)11/h9-10H,5-8,11H2,1-2H3. The molecule has 0 bridgehead atoms. The summed E-state index contributed by atoms with van der Waals surface area (Å²) in [7, 11) is 0. The lowest BCUT2D eigenvalue weighted by atomic mass is 10.0. The number of rotatable bonds is 2. The van der Waals surface area contributed by atoms with Crippen LogP contribution in [0.1, 0.15) is 20.3 Å². The molecule has 1 fully saturated rings. The Balaban J connectivity index is 2.29. The lowest BCUT2D eigenvalue weighted by Gasteiger charge is -2.15. The van der Waals surface area contributed by atoms with E-state index in [-0.39, 0.29) is 0 Å². The van der Waals surface area contributed by atoms with Crippen LogP contribution in [0, 0.1) is 17.8 Å². The van der Waals surface area contributed by atoms with Crippen LogP contribution in [-0.4, -0.2) is 30.6 Å². The highest BCUT2D eigenvalue weighted by Crippen LogP contribution is 2.17. The van der Waals surface area contributed by atoms with Crippen molar-refractivity contribution in [1.82, 2.24) is 4.90 Å². The Bertz CT molecular complexity index is 188. The minimum Gasteiger partial charge on any atom is -0.328 e. The van der Waals surface area contributed by atoms with Gasteiger partial charge in [0.05, 0.1) is 6.54 Å². The van der Waals surface area contributed by atoms with Gasteiger partial charge >= 0.3 is 0 Å². The van der Waals surface area contributed by atoms with Crippen molar-refractivity contribution in [2.45, 2.75) is 26.3 Å². The SMILES string of the molecule is CC#CCN1CCC(C(C)N)C1. The molecule has 12 heavy (non-hydrogen) atoms. The van der Waals surface area contributed by atoms with Crippen LogP contribution in [0.3, 0.4) is 0 Å². The normalized spacial score (nSPS) is 26.4. The number of likely N-dealkylation sites (tertiary alicyclic amines) is 1. The summed E-state index contributed by atoms with van der Waals surface area (Å²) < 4.78 is 0. The third-order valence-corrected chi connectivity index (χ3v) is 2.53. The highest BCUT2D eigenvalue weighted by molar-refractivity contribution is 4.99. The van der Waals surface area contributed by atoms with Gasteiger partial charge in [0.2, 0.25) is 0 Å². The summed E-state index contributed by atoms with van der Waals surface area (Å²) in [6.07, 6.45) is 1.24. The van der Waals surface area contributed by atoms with Gasteiger partial charge in [0, 0.05) is 12.6 Å². The van der Waals surface area contributed by atoms with Crippen molar-refractivity contribution in [2.24, 2.45) is 11.7 Å². The molecule has 0 spiro atoms. The summed E-state index contributed by atoms with van der Waals surface area (Å²) in [5, 5.41) is 0. The molecule has 2 nitrogen and oxygen atoms in total. The van der Waals surface area contributed by atoms with Crippen molar-refractivity contribution in [3.63, 3.8) is 0 Å². The summed E-state index contributed by atoms with van der Waals surface area (Å²) in [5.74, 6) is 6.68. The van der Waals surface area contributed by atoms with E-state index >= 15 is 0 Å². The number of hydrogen-bond acceptors (Lipinski definition) is 2. The Kier molecular flexibility index (Phi) is 3.58. The minimum absolute atomic E-state index is 0.338. The van der Waals surface area contributed by atoms with E-state index in [2.05, 4.69) is 23.7 Å². The Hall–Kier alpha value is -0.520. The van der Waals surface area contributed by atoms with Crippen LogP contribution >= 0.6 is 0 Å². The van der Waals surface area contributed by atoms with E-state index in [0.29, 0.717) is 12.0 Å². The van der Waals surface area contributed by atoms with Gasteiger partial charge in [-0.2, -0.15) is 0 Å². The van der Waals surface area contributed by atoms with E-state index in [0.717, 1.165) is 13.1 Å². The van der Waals surface area contributed by atoms with Gasteiger partial charge in [0.1, 0.15) is 0 Å². The fraction of sp³-hybridized carbons (Fsp3) is 0.800. The van der Waals surface area contributed by atoms with Gasteiger partial charge in [-0.05, 0) is 32.7 Å². The maximum absolute atomic E-state index is 5.83. The summed E-state index contributed by atoms with van der Waals surface area (Å²) in [6.45, 7) is 7.20. The first-order valence-electron chi connectivity index (χ1n) is 4.61. The van der Waals surface area contributed by atoms with Crippen molar-refractivity contribution >= 4 is 0 Å². The Morgan fingerprint density at radius 2 is 2.42 bits per heavy atom. The molecule has 1 saturated heterocycles. The van der Waals surface area contributed by atoms with Crippen molar-refractivity contribution in [1.29, 1.82) is 0 Å². The largest absolute Gasteiger partial charge is 0.328 e. The van der Waals surface area contributed by atoms with E-state index < -0.39 is 0 Å². The third-order valence-electron chi connectivity index (χ3n) is 2.53. The molecule has 1 rings (SSSR count). The Labute approximate surface area is 75.1 Å². The van der Waals surface area contributed by atoms with Crippen LogP contribution < -0.4 is 5.73 Å². The fourth-order valence-corrected chi connectivity index (χ4v) is 1.63. The van der Waals surface area contributed by atoms with Gasteiger partial charge in [0.25, 0.3) is 0 Å². The number of hydrogen-bond donors (Lipinski definition) is 1. The maximum atomic E-state index is 5.83. The first-order chi connectivity index (χ1) is 5.74. The molecular weight excluding hydrogens is 148 g/mol. The van der Waals surface area contributed by atoms with Gasteiger partial charge in [-0.25, -0.2) is 0 Å². The molecule has 0 amide bonds. The van der Waals surface area contributed by atoms with E-state index in [9.17, 15) is 0 Å². The molecule has 68 valence electrons. The molecule has 2 unspecified atom stereocenters. The molecule has 2 atom stereocenters. The predicted molar refractivity (Wildman–Crippen MR) is 51.6 cm³/mol. The predicted octanol–water partition coefficient (Wildman–Crippen LogP) is 0.679. The summed E-state index contributed by atoms with van der Waals surface area (Å²) in [6, 6.07) is 0.338. The van der Waals surface area contributed by atoms with Crippen molar-refractivity contribution in [2.75, 3.05) is 19.6 Å². The summed E-state index contributed by atoms with van der Waals surface area (Å²) in [4.78, 5) is 2.38. The molecular formula is C10H18N2. The molecule has 0 aromatic heterocycles. The fourth-order valence-electron chi connectivity index (χ4n) is 1.63. The summed E-state index contributed by atoms with van der Waals surface area (Å²) >= 11 is 0. The van der Waals surface area contributed by atoms with Crippen LogP contribution in [0.2, 0.25) is 0 Å². The minimum atomic E-state index is 0.338. The molecule has 1 aliphatic heterocycles. The molecule has 0 aromatic carbocycles. The topological polar surface area (TPSA) is 29.3 Å². The Morgan fingerprint density at radius 1 is 1.67 bits per heavy atom. The van der Waals surface area contributed by atoms with Crippen molar-refractivity contribution < 1.29 is 0 Å². The van der Waals surface area contributed by atoms with Crippen LogP contribution in [0.4, 0.5) is 0 Å². The highest BCUT2D eigenvalue weighted by atomic mass is 15.1. The lowest BCUT2D eigenvalue weighted by Crippen LogP contribution is -2.29. The lowest BCUT2D eigenvalue weighted by molar-refractivity contribution is 0.351. The Morgan fingerprint density at radius 3 is 2.92 bits per heavy atom. The van der Waals surface area contributed by atoms with Crippen LogP contribution in [-0.2, 0) is 0 Å². The quantitative estimate of drug-likeness (QED) is 0.611. The molecule has 2 heteroatoms. The first kappa shape index (κ1) is 9.57. The molecule has 2 N–H and O–H groups in total. The van der Waals surface area contributed by atoms with Gasteiger partial charge in [-0.3, -0.25) is 4.90 Å². The van der Waals surface area contributed by atoms with E-state index in [1.165, 1.54) is 13.0 Å². The second kappa shape index (κ2) is 4.49. The van der Waals surface area contributed by atoms with Crippen molar-refractivity contribution in [3.8, 4) is 11.8 Å². The van der Waals surface area contributed by atoms with E-state index in [1.807, 2.05) is 6.92 Å². The highest BCUT2D eigenvalue weighted by Gasteiger charge is 2.23. The molecule has 1 heterocycles. The maximum Gasteiger partial charge on any atom is 0.0601 e. The van der Waals surface area contributed by atoms with Crippen molar-refractivity contribution in [3.05, 3.63) is 0 Å². The third kappa shape index (κ3) is 2.51. The molecule has 0 radical (unpaired) electrons. The second-order valence-electron chi connectivity index (χ2n) is 3.57. The molecule has 0 aromatic rings. The summed E-state index contributed by atoms with van der Waals surface area (Å²) in [5.41, 5.74) is 5.83. The molecule has 0 aliphatic carbocycles. The van der Waals surface area contributed by atoms with Gasteiger partial charge in [0.15, 0.2) is 0 Å². The zero-order valence-electron chi connectivity index (χ0n) is 8.01. The number of nitrogens with zero attached hydrogens (tertiary/aromatic N) is 1. The zero-order chi connectivity index (χ0) is 8.97.